The van der Waals surface area contributed by atoms with Crippen molar-refractivity contribution in [2.24, 2.45) is 0 Å². The number of carbonyl (C=O) groups is 3. The summed E-state index contributed by atoms with van der Waals surface area (Å²) in [5, 5.41) is 0. The summed E-state index contributed by atoms with van der Waals surface area (Å²) in [7, 11) is 0. The average Bonchev–Trinajstić information content (AvgIpc) is 2.71. The molecule has 1 aliphatic rings. The van der Waals surface area contributed by atoms with E-state index in [4.69, 9.17) is 9.47 Å². The number of carbonyl (C=O) groups excluding carboxylic acids is 3. The Morgan fingerprint density at radius 2 is 1.81 bits per heavy atom. The van der Waals surface area contributed by atoms with Crippen molar-refractivity contribution in [3.05, 3.63) is 65.2 Å². The number of amides is 1. The van der Waals surface area contributed by atoms with Gasteiger partial charge in [0.15, 0.2) is 12.7 Å². The zero-order valence-electron chi connectivity index (χ0n) is 15.1. The van der Waals surface area contributed by atoms with Crippen LogP contribution < -0.4 is 4.74 Å². The fraction of sp³-hybridized carbons (Fsp3) is 0.286. The minimum absolute atomic E-state index is 0.215. The van der Waals surface area contributed by atoms with Gasteiger partial charge in [-0.1, -0.05) is 24.3 Å². The van der Waals surface area contributed by atoms with E-state index in [1.165, 1.54) is 5.56 Å². The van der Waals surface area contributed by atoms with Gasteiger partial charge in [-0.2, -0.15) is 0 Å². The minimum Gasteiger partial charge on any atom is -0.482 e. The Kier molecular flexibility index (Phi) is 5.86. The number of aldehydes is 1. The Bertz CT molecular complexity index is 831. The van der Waals surface area contributed by atoms with Crippen molar-refractivity contribution >= 4 is 18.2 Å². The van der Waals surface area contributed by atoms with E-state index in [1.807, 2.05) is 18.2 Å². The van der Waals surface area contributed by atoms with Gasteiger partial charge in [0.1, 0.15) is 12.0 Å². The maximum Gasteiger partial charge on any atom is 0.344 e. The number of esters is 1. The van der Waals surface area contributed by atoms with Crippen LogP contribution in [0.25, 0.3) is 0 Å². The fourth-order valence-electron chi connectivity index (χ4n) is 3.01. The first-order valence-electron chi connectivity index (χ1n) is 8.80. The summed E-state index contributed by atoms with van der Waals surface area (Å²) in [4.78, 5) is 36.8. The first kappa shape index (κ1) is 18.6. The lowest BCUT2D eigenvalue weighted by molar-refractivity contribution is -0.161. The summed E-state index contributed by atoms with van der Waals surface area (Å²) >= 11 is 0. The molecule has 1 atom stereocenters. The van der Waals surface area contributed by atoms with Crippen molar-refractivity contribution in [3.8, 4) is 5.75 Å². The third-order valence-corrected chi connectivity index (χ3v) is 4.47. The number of nitrogens with zero attached hydrogens (tertiary/aromatic N) is 1. The Morgan fingerprint density at radius 3 is 2.52 bits per heavy atom. The predicted molar refractivity (Wildman–Crippen MR) is 98.4 cm³/mol. The SMILES string of the molecule is C[C@H](OC(=O)COc1ccc(C=O)cc1)C(=O)N1CCc2ccccc2C1. The van der Waals surface area contributed by atoms with Crippen LogP contribution in [0, 0.1) is 0 Å². The van der Waals surface area contributed by atoms with Crippen LogP contribution in [0.2, 0.25) is 0 Å². The number of ether oxygens (including phenoxy) is 2. The molecule has 0 saturated heterocycles. The van der Waals surface area contributed by atoms with Gasteiger partial charge in [0.25, 0.3) is 5.91 Å². The van der Waals surface area contributed by atoms with Gasteiger partial charge >= 0.3 is 5.97 Å². The van der Waals surface area contributed by atoms with Gasteiger partial charge in [-0.15, -0.1) is 0 Å². The molecule has 0 aromatic heterocycles. The van der Waals surface area contributed by atoms with Crippen molar-refractivity contribution in [1.82, 2.24) is 4.90 Å². The lowest BCUT2D eigenvalue weighted by Crippen LogP contribution is -2.43. The molecule has 6 nitrogen and oxygen atoms in total. The summed E-state index contributed by atoms with van der Waals surface area (Å²) in [5.41, 5.74) is 2.89. The van der Waals surface area contributed by atoms with Gasteiger partial charge in [0.05, 0.1) is 0 Å². The van der Waals surface area contributed by atoms with Crippen molar-refractivity contribution < 1.29 is 23.9 Å². The van der Waals surface area contributed by atoms with Crippen LogP contribution in [-0.4, -0.2) is 42.3 Å². The van der Waals surface area contributed by atoms with Gasteiger partial charge in [0, 0.05) is 18.7 Å². The Hall–Kier alpha value is -3.15. The molecule has 140 valence electrons. The summed E-state index contributed by atoms with van der Waals surface area (Å²) in [5.74, 6) is -0.384. The Morgan fingerprint density at radius 1 is 1.11 bits per heavy atom. The van der Waals surface area contributed by atoms with Crippen LogP contribution in [0.4, 0.5) is 0 Å². The molecule has 0 aliphatic carbocycles. The van der Waals surface area contributed by atoms with Crippen LogP contribution in [0.5, 0.6) is 5.75 Å². The number of hydrogen-bond donors (Lipinski definition) is 0. The molecule has 1 heterocycles. The molecule has 2 aromatic carbocycles. The molecule has 0 spiro atoms. The highest BCUT2D eigenvalue weighted by atomic mass is 16.6. The highest BCUT2D eigenvalue weighted by Crippen LogP contribution is 2.19. The van der Waals surface area contributed by atoms with Gasteiger partial charge in [0.2, 0.25) is 0 Å². The van der Waals surface area contributed by atoms with Gasteiger partial charge < -0.3 is 14.4 Å². The molecule has 1 amide bonds. The second-order valence-electron chi connectivity index (χ2n) is 6.39. The maximum absolute atomic E-state index is 12.6. The number of fused-ring (bicyclic) bond motifs is 1. The first-order valence-corrected chi connectivity index (χ1v) is 8.80. The molecular weight excluding hydrogens is 346 g/mol. The standard InChI is InChI=1S/C21H21NO5/c1-15(21(25)22-11-10-17-4-2-3-5-18(17)12-22)27-20(24)14-26-19-8-6-16(13-23)7-9-19/h2-9,13,15H,10-12,14H2,1H3/t15-/m0/s1. The molecule has 3 rings (SSSR count). The molecule has 0 fully saturated rings. The van der Waals surface area contributed by atoms with Crippen molar-refractivity contribution in [1.29, 1.82) is 0 Å². The second kappa shape index (κ2) is 8.49. The molecule has 2 aromatic rings. The fourth-order valence-corrected chi connectivity index (χ4v) is 3.01. The summed E-state index contributed by atoms with van der Waals surface area (Å²) in [6.07, 6.45) is 0.649. The smallest absolute Gasteiger partial charge is 0.344 e. The highest BCUT2D eigenvalue weighted by molar-refractivity contribution is 5.84. The molecule has 27 heavy (non-hydrogen) atoms. The molecule has 0 N–H and O–H groups in total. The van der Waals surface area contributed by atoms with Crippen molar-refractivity contribution in [2.45, 2.75) is 26.0 Å². The van der Waals surface area contributed by atoms with Crippen LogP contribution in [0.3, 0.4) is 0 Å². The zero-order valence-corrected chi connectivity index (χ0v) is 15.1. The summed E-state index contributed by atoms with van der Waals surface area (Å²) < 4.78 is 10.5. The Balaban J connectivity index is 1.49. The lowest BCUT2D eigenvalue weighted by Gasteiger charge is -2.30. The van der Waals surface area contributed by atoms with E-state index < -0.39 is 12.1 Å². The molecule has 1 aliphatic heterocycles. The van der Waals surface area contributed by atoms with E-state index in [0.717, 1.165) is 18.3 Å². The van der Waals surface area contributed by atoms with Crippen LogP contribution in [0.1, 0.15) is 28.4 Å². The predicted octanol–water partition coefficient (Wildman–Crippen LogP) is 2.39. The topological polar surface area (TPSA) is 72.9 Å². The lowest BCUT2D eigenvalue weighted by atomic mass is 9.99. The summed E-state index contributed by atoms with van der Waals surface area (Å²) in [6.45, 7) is 2.40. The minimum atomic E-state index is -0.871. The monoisotopic (exact) mass is 367 g/mol. The molecule has 0 radical (unpaired) electrons. The second-order valence-corrected chi connectivity index (χ2v) is 6.39. The number of hydrogen-bond acceptors (Lipinski definition) is 5. The highest BCUT2D eigenvalue weighted by Gasteiger charge is 2.26. The van der Waals surface area contributed by atoms with E-state index >= 15 is 0 Å². The molecule has 0 bridgehead atoms. The molecule has 0 unspecified atom stereocenters. The largest absolute Gasteiger partial charge is 0.482 e. The quantitative estimate of drug-likeness (QED) is 0.579. The van der Waals surface area contributed by atoms with Gasteiger partial charge in [-0.25, -0.2) is 4.79 Å². The molecule has 6 heteroatoms. The average molecular weight is 367 g/mol. The molecule has 0 saturated carbocycles. The van der Waals surface area contributed by atoms with Gasteiger partial charge in [-0.3, -0.25) is 9.59 Å². The number of benzene rings is 2. The summed E-state index contributed by atoms with van der Waals surface area (Å²) in [6, 6.07) is 14.4. The van der Waals surface area contributed by atoms with Crippen LogP contribution in [0.15, 0.2) is 48.5 Å². The zero-order chi connectivity index (χ0) is 19.2. The van der Waals surface area contributed by atoms with Crippen molar-refractivity contribution in [3.63, 3.8) is 0 Å². The maximum atomic E-state index is 12.6. The van der Waals surface area contributed by atoms with Crippen molar-refractivity contribution in [2.75, 3.05) is 13.2 Å². The van der Waals surface area contributed by atoms with Crippen LogP contribution >= 0.6 is 0 Å². The van der Waals surface area contributed by atoms with E-state index in [-0.39, 0.29) is 12.5 Å². The molecular formula is C21H21NO5. The first-order chi connectivity index (χ1) is 13.1. The third kappa shape index (κ3) is 4.73. The van der Waals surface area contributed by atoms with E-state index in [0.29, 0.717) is 24.4 Å². The van der Waals surface area contributed by atoms with E-state index in [1.54, 1.807) is 36.1 Å². The Labute approximate surface area is 157 Å². The third-order valence-electron chi connectivity index (χ3n) is 4.47. The van der Waals surface area contributed by atoms with Crippen LogP contribution in [-0.2, 0) is 27.3 Å². The van der Waals surface area contributed by atoms with E-state index in [2.05, 4.69) is 6.07 Å². The van der Waals surface area contributed by atoms with Gasteiger partial charge in [-0.05, 0) is 48.7 Å². The van der Waals surface area contributed by atoms with E-state index in [9.17, 15) is 14.4 Å². The normalized spacial score (nSPS) is 14.0. The number of rotatable bonds is 6.